The molecule has 6 nitrogen and oxygen atoms in total. The van der Waals surface area contributed by atoms with E-state index in [9.17, 15) is 4.79 Å². The Morgan fingerprint density at radius 2 is 1.88 bits per heavy atom. The van der Waals surface area contributed by atoms with Gasteiger partial charge in [-0.3, -0.25) is 0 Å². The monoisotopic (exact) mass is 362 g/mol. The number of nitrogens with one attached hydrogen (secondary N) is 2. The van der Waals surface area contributed by atoms with Crippen LogP contribution in [0.3, 0.4) is 0 Å². The molecule has 0 aliphatic carbocycles. The SMILES string of the molecule is Cc1cc(OCCNC(=O)Nc2ccc3c(c2)OCO3)cc(C)c1Cl. The second kappa shape index (κ2) is 7.53. The highest BCUT2D eigenvalue weighted by atomic mass is 35.5. The highest BCUT2D eigenvalue weighted by Crippen LogP contribution is 2.34. The van der Waals surface area contributed by atoms with Crippen molar-refractivity contribution in [2.24, 2.45) is 0 Å². The third-order valence-corrected chi connectivity index (χ3v) is 4.29. The standard InChI is InChI=1S/C18H19ClN2O4/c1-11-7-14(8-12(2)17(11)19)23-6-5-20-18(22)21-13-3-4-15-16(9-13)25-10-24-15/h3-4,7-9H,5-6,10H2,1-2H3,(H2,20,21,22). The maximum Gasteiger partial charge on any atom is 0.319 e. The van der Waals surface area contributed by atoms with E-state index < -0.39 is 0 Å². The van der Waals surface area contributed by atoms with Crippen LogP contribution < -0.4 is 24.8 Å². The largest absolute Gasteiger partial charge is 0.492 e. The van der Waals surface area contributed by atoms with Gasteiger partial charge in [0.05, 0.1) is 6.54 Å². The zero-order valence-electron chi connectivity index (χ0n) is 14.0. The fourth-order valence-electron chi connectivity index (χ4n) is 2.47. The first-order valence-corrected chi connectivity index (χ1v) is 8.25. The number of hydrogen-bond donors (Lipinski definition) is 2. The Morgan fingerprint density at radius 1 is 1.16 bits per heavy atom. The summed E-state index contributed by atoms with van der Waals surface area (Å²) in [5, 5.41) is 6.22. The van der Waals surface area contributed by atoms with Crippen molar-refractivity contribution in [3.63, 3.8) is 0 Å². The number of urea groups is 1. The maximum absolute atomic E-state index is 11.9. The van der Waals surface area contributed by atoms with Crippen molar-refractivity contribution in [1.29, 1.82) is 0 Å². The summed E-state index contributed by atoms with van der Waals surface area (Å²) >= 11 is 6.13. The molecule has 0 atom stereocenters. The Labute approximate surface area is 151 Å². The molecule has 0 saturated carbocycles. The molecule has 0 aromatic heterocycles. The zero-order valence-corrected chi connectivity index (χ0v) is 14.8. The van der Waals surface area contributed by atoms with Crippen LogP contribution in [0.4, 0.5) is 10.5 Å². The van der Waals surface area contributed by atoms with Crippen molar-refractivity contribution in [3.8, 4) is 17.2 Å². The first kappa shape index (κ1) is 17.2. The summed E-state index contributed by atoms with van der Waals surface area (Å²) < 4.78 is 16.1. The van der Waals surface area contributed by atoms with Crippen LogP contribution in [0.1, 0.15) is 11.1 Å². The number of carbonyl (C=O) groups excluding carboxylic acids is 1. The van der Waals surface area contributed by atoms with E-state index in [1.807, 2.05) is 26.0 Å². The third-order valence-electron chi connectivity index (χ3n) is 3.70. The number of carbonyl (C=O) groups is 1. The Kier molecular flexibility index (Phi) is 5.19. The minimum absolute atomic E-state index is 0.200. The summed E-state index contributed by atoms with van der Waals surface area (Å²) in [5.74, 6) is 2.03. The molecular formula is C18H19ClN2O4. The molecule has 132 valence electrons. The van der Waals surface area contributed by atoms with E-state index in [1.54, 1.807) is 18.2 Å². The maximum atomic E-state index is 11.9. The molecule has 0 bridgehead atoms. The molecule has 0 spiro atoms. The van der Waals surface area contributed by atoms with E-state index in [-0.39, 0.29) is 12.8 Å². The summed E-state index contributed by atoms with van der Waals surface area (Å²) in [6, 6.07) is 8.67. The van der Waals surface area contributed by atoms with Crippen molar-refractivity contribution in [1.82, 2.24) is 5.32 Å². The van der Waals surface area contributed by atoms with E-state index in [1.165, 1.54) is 0 Å². The molecule has 3 rings (SSSR count). The predicted molar refractivity (Wildman–Crippen MR) is 96.0 cm³/mol. The van der Waals surface area contributed by atoms with Gasteiger partial charge < -0.3 is 24.8 Å². The lowest BCUT2D eigenvalue weighted by Gasteiger charge is -2.11. The molecule has 1 heterocycles. The number of aryl methyl sites for hydroxylation is 2. The molecule has 1 aliphatic heterocycles. The van der Waals surface area contributed by atoms with Gasteiger partial charge in [0.25, 0.3) is 0 Å². The second-order valence-corrected chi connectivity index (χ2v) is 6.05. The smallest absolute Gasteiger partial charge is 0.319 e. The Morgan fingerprint density at radius 3 is 2.64 bits per heavy atom. The van der Waals surface area contributed by atoms with Crippen LogP contribution in [-0.2, 0) is 0 Å². The number of benzene rings is 2. The van der Waals surface area contributed by atoms with E-state index >= 15 is 0 Å². The van der Waals surface area contributed by atoms with Crippen molar-refractivity contribution in [2.75, 3.05) is 25.3 Å². The van der Waals surface area contributed by atoms with Crippen LogP contribution in [0, 0.1) is 13.8 Å². The van der Waals surface area contributed by atoms with Crippen molar-refractivity contribution < 1.29 is 19.0 Å². The van der Waals surface area contributed by atoms with Crippen LogP contribution in [0.15, 0.2) is 30.3 Å². The lowest BCUT2D eigenvalue weighted by atomic mass is 10.1. The molecule has 2 N–H and O–H groups in total. The number of ether oxygens (including phenoxy) is 3. The molecule has 1 aliphatic rings. The van der Waals surface area contributed by atoms with Gasteiger partial charge in [0.1, 0.15) is 12.4 Å². The number of hydrogen-bond acceptors (Lipinski definition) is 4. The van der Waals surface area contributed by atoms with Crippen LogP contribution in [0.2, 0.25) is 5.02 Å². The third kappa shape index (κ3) is 4.28. The summed E-state index contributed by atoms with van der Waals surface area (Å²) in [6.45, 7) is 4.79. The second-order valence-electron chi connectivity index (χ2n) is 5.67. The first-order valence-electron chi connectivity index (χ1n) is 7.87. The molecule has 2 amide bonds. The summed E-state index contributed by atoms with van der Waals surface area (Å²) in [4.78, 5) is 11.9. The summed E-state index contributed by atoms with van der Waals surface area (Å²) in [6.07, 6.45) is 0. The molecule has 0 radical (unpaired) electrons. The first-order chi connectivity index (χ1) is 12.0. The Hall–Kier alpha value is -2.60. The normalized spacial score (nSPS) is 12.0. The molecule has 2 aromatic carbocycles. The molecule has 25 heavy (non-hydrogen) atoms. The molecule has 2 aromatic rings. The van der Waals surface area contributed by atoms with Crippen LogP contribution in [0.25, 0.3) is 0 Å². The van der Waals surface area contributed by atoms with Crippen LogP contribution in [-0.4, -0.2) is 26.0 Å². The average molecular weight is 363 g/mol. The van der Waals surface area contributed by atoms with Crippen molar-refractivity contribution in [3.05, 3.63) is 46.5 Å². The quantitative estimate of drug-likeness (QED) is 0.792. The van der Waals surface area contributed by atoms with E-state index in [0.717, 1.165) is 21.9 Å². The van der Waals surface area contributed by atoms with Gasteiger partial charge in [0.15, 0.2) is 11.5 Å². The van der Waals surface area contributed by atoms with Crippen LogP contribution >= 0.6 is 11.6 Å². The number of fused-ring (bicyclic) bond motifs is 1. The highest BCUT2D eigenvalue weighted by Gasteiger charge is 2.14. The average Bonchev–Trinajstić information content (AvgIpc) is 3.04. The number of amides is 2. The van der Waals surface area contributed by atoms with Gasteiger partial charge in [0.2, 0.25) is 6.79 Å². The topological polar surface area (TPSA) is 68.8 Å². The van der Waals surface area contributed by atoms with Crippen molar-refractivity contribution in [2.45, 2.75) is 13.8 Å². The van der Waals surface area contributed by atoms with E-state index in [2.05, 4.69) is 10.6 Å². The Balaban J connectivity index is 1.44. The molecular weight excluding hydrogens is 344 g/mol. The number of rotatable bonds is 5. The van der Waals surface area contributed by atoms with Gasteiger partial charge in [-0.05, 0) is 49.2 Å². The summed E-state index contributed by atoms with van der Waals surface area (Å²) in [7, 11) is 0. The predicted octanol–water partition coefficient (Wildman–Crippen LogP) is 3.89. The minimum Gasteiger partial charge on any atom is -0.492 e. The van der Waals surface area contributed by atoms with E-state index in [4.69, 9.17) is 25.8 Å². The van der Waals surface area contributed by atoms with Gasteiger partial charge >= 0.3 is 6.03 Å². The van der Waals surface area contributed by atoms with Gasteiger partial charge in [0, 0.05) is 16.8 Å². The van der Waals surface area contributed by atoms with Crippen molar-refractivity contribution >= 4 is 23.3 Å². The fraction of sp³-hybridized carbons (Fsp3) is 0.278. The summed E-state index contributed by atoms with van der Waals surface area (Å²) in [5.41, 5.74) is 2.56. The van der Waals surface area contributed by atoms with E-state index in [0.29, 0.717) is 30.3 Å². The lowest BCUT2D eigenvalue weighted by Crippen LogP contribution is -2.32. The number of anilines is 1. The zero-order chi connectivity index (χ0) is 17.8. The fourth-order valence-corrected chi connectivity index (χ4v) is 2.58. The molecule has 0 fully saturated rings. The van der Waals surface area contributed by atoms with Gasteiger partial charge in [-0.15, -0.1) is 0 Å². The molecule has 0 unspecified atom stereocenters. The molecule has 0 saturated heterocycles. The van der Waals surface area contributed by atoms with Crippen LogP contribution in [0.5, 0.6) is 17.2 Å². The van der Waals surface area contributed by atoms with Gasteiger partial charge in [-0.2, -0.15) is 0 Å². The molecule has 7 heteroatoms. The van der Waals surface area contributed by atoms with Gasteiger partial charge in [-0.1, -0.05) is 11.6 Å². The number of halogens is 1. The van der Waals surface area contributed by atoms with Gasteiger partial charge in [-0.25, -0.2) is 4.79 Å². The minimum atomic E-state index is -0.314. The lowest BCUT2D eigenvalue weighted by molar-refractivity contribution is 0.174. The highest BCUT2D eigenvalue weighted by molar-refractivity contribution is 6.32. The Bertz CT molecular complexity index is 772.